The van der Waals surface area contributed by atoms with Gasteiger partial charge in [-0.25, -0.2) is 9.37 Å². The minimum atomic E-state index is -0.778. The first kappa shape index (κ1) is 26.3. The number of aryl methyl sites for hydroxylation is 1. The Morgan fingerprint density at radius 2 is 2.05 bits per heavy atom. The van der Waals surface area contributed by atoms with Gasteiger partial charge in [-0.1, -0.05) is 23.7 Å². The molecule has 5 rings (SSSR count). The molecule has 1 N–H and O–H groups in total. The van der Waals surface area contributed by atoms with Gasteiger partial charge in [-0.15, -0.1) is 0 Å². The summed E-state index contributed by atoms with van der Waals surface area (Å²) < 4.78 is 15.4. The van der Waals surface area contributed by atoms with E-state index in [4.69, 9.17) is 16.6 Å². The Hall–Kier alpha value is -3.30. The number of para-hydroxylation sites is 1. The Morgan fingerprint density at radius 1 is 1.18 bits per heavy atom. The van der Waals surface area contributed by atoms with Crippen LogP contribution in [0.5, 0.6) is 0 Å². The second kappa shape index (κ2) is 11.6. The summed E-state index contributed by atoms with van der Waals surface area (Å²) in [6.07, 6.45) is 7.41. The lowest BCUT2D eigenvalue weighted by Crippen LogP contribution is -2.35. The van der Waals surface area contributed by atoms with E-state index in [0.717, 1.165) is 30.5 Å². The van der Waals surface area contributed by atoms with Crippen LogP contribution in [0.15, 0.2) is 48.7 Å². The molecule has 10 heteroatoms. The normalized spacial score (nSPS) is 20.8. The molecule has 0 radical (unpaired) electrons. The molecule has 2 aliphatic heterocycles. The number of pyridine rings is 1. The number of aromatic nitrogens is 3. The molecule has 4 heterocycles. The van der Waals surface area contributed by atoms with Gasteiger partial charge in [0.25, 0.3) is 5.91 Å². The summed E-state index contributed by atoms with van der Waals surface area (Å²) in [7, 11) is 0. The van der Waals surface area contributed by atoms with Crippen molar-refractivity contribution in [2.24, 2.45) is 0 Å². The smallest absolute Gasteiger partial charge is 0.258 e. The van der Waals surface area contributed by atoms with E-state index in [9.17, 15) is 14.0 Å². The van der Waals surface area contributed by atoms with Crippen LogP contribution in [0.2, 0.25) is 5.02 Å². The number of carbonyl (C=O) groups is 2. The lowest BCUT2D eigenvalue weighted by atomic mass is 10.1. The van der Waals surface area contributed by atoms with Crippen LogP contribution in [0, 0.1) is 6.92 Å². The minimum absolute atomic E-state index is 0.0683. The number of anilines is 1. The number of likely N-dealkylation sites (tertiary alicyclic amines) is 2. The fourth-order valence-electron chi connectivity index (χ4n) is 5.30. The Balaban J connectivity index is 1.39. The number of fused-ring (bicyclic) bond motifs is 1. The zero-order valence-corrected chi connectivity index (χ0v) is 22.2. The number of benzene rings is 1. The molecule has 2 amide bonds. The van der Waals surface area contributed by atoms with Gasteiger partial charge >= 0.3 is 0 Å². The van der Waals surface area contributed by atoms with Gasteiger partial charge in [-0.3, -0.25) is 24.8 Å². The van der Waals surface area contributed by atoms with E-state index in [1.54, 1.807) is 24.4 Å². The highest BCUT2D eigenvalue weighted by atomic mass is 35.5. The van der Waals surface area contributed by atoms with Crippen molar-refractivity contribution in [3.8, 4) is 0 Å². The van der Waals surface area contributed by atoms with E-state index in [1.165, 1.54) is 0 Å². The lowest BCUT2D eigenvalue weighted by Gasteiger charge is -2.26. The summed E-state index contributed by atoms with van der Waals surface area (Å²) >= 11 is 6.64. The maximum Gasteiger partial charge on any atom is 0.258 e. The minimum Gasteiger partial charge on any atom is -0.337 e. The van der Waals surface area contributed by atoms with Crippen molar-refractivity contribution in [3.05, 3.63) is 65.0 Å². The van der Waals surface area contributed by atoms with Crippen LogP contribution in [0.4, 0.5) is 10.3 Å². The van der Waals surface area contributed by atoms with Crippen LogP contribution in [0.25, 0.3) is 11.0 Å². The highest BCUT2D eigenvalue weighted by Gasteiger charge is 2.28. The fraction of sp³-hybridized carbons (Fsp3) is 0.429. The third kappa shape index (κ3) is 5.89. The summed E-state index contributed by atoms with van der Waals surface area (Å²) in [6, 6.07) is 8.77. The number of amides is 2. The summed E-state index contributed by atoms with van der Waals surface area (Å²) in [6.45, 7) is 4.65. The molecule has 2 aromatic heterocycles. The van der Waals surface area contributed by atoms with Gasteiger partial charge in [0, 0.05) is 56.3 Å². The van der Waals surface area contributed by atoms with Crippen LogP contribution >= 0.6 is 11.6 Å². The zero-order chi connectivity index (χ0) is 26.6. The number of nitrogens with zero attached hydrogens (tertiary/aromatic N) is 5. The molecule has 0 bridgehead atoms. The Morgan fingerprint density at radius 3 is 2.84 bits per heavy atom. The number of carbonyl (C=O) groups excluding carboxylic acids is 2. The van der Waals surface area contributed by atoms with Crippen LogP contribution in [0.1, 0.15) is 47.8 Å². The molecule has 38 heavy (non-hydrogen) atoms. The Kier molecular flexibility index (Phi) is 8.04. The van der Waals surface area contributed by atoms with Gasteiger partial charge < -0.3 is 9.47 Å². The lowest BCUT2D eigenvalue weighted by molar-refractivity contribution is -0.126. The SMILES string of the molecule is Cc1cc(C(=O)Nc2nc3cccc(Cl)c3n2C2CCCCN(C(=O)C=CCN3CCC(F)C3)C2)ccn1. The molecule has 2 aliphatic rings. The van der Waals surface area contributed by atoms with Gasteiger partial charge in [0.05, 0.1) is 22.1 Å². The van der Waals surface area contributed by atoms with Crippen molar-refractivity contribution >= 4 is 40.4 Å². The van der Waals surface area contributed by atoms with Gasteiger partial charge in [-0.2, -0.15) is 0 Å². The highest BCUT2D eigenvalue weighted by Crippen LogP contribution is 2.34. The second-order valence-corrected chi connectivity index (χ2v) is 10.4. The second-order valence-electron chi connectivity index (χ2n) is 10.0. The summed E-state index contributed by atoms with van der Waals surface area (Å²) in [5.41, 5.74) is 2.65. The quantitative estimate of drug-likeness (QED) is 0.456. The predicted molar refractivity (Wildman–Crippen MR) is 146 cm³/mol. The molecule has 0 saturated carbocycles. The van der Waals surface area contributed by atoms with Crippen molar-refractivity contribution < 1.29 is 14.0 Å². The first-order valence-electron chi connectivity index (χ1n) is 13.1. The average molecular weight is 539 g/mol. The van der Waals surface area contributed by atoms with E-state index in [0.29, 0.717) is 61.2 Å². The summed E-state index contributed by atoms with van der Waals surface area (Å²) in [4.78, 5) is 39.0. The van der Waals surface area contributed by atoms with Crippen LogP contribution in [-0.4, -0.2) is 75.0 Å². The first-order chi connectivity index (χ1) is 18.4. The molecule has 2 saturated heterocycles. The van der Waals surface area contributed by atoms with E-state index in [-0.39, 0.29) is 17.9 Å². The summed E-state index contributed by atoms with van der Waals surface area (Å²) in [5, 5.41) is 3.51. The largest absolute Gasteiger partial charge is 0.337 e. The van der Waals surface area contributed by atoms with E-state index < -0.39 is 6.17 Å². The Bertz CT molecular complexity index is 1360. The van der Waals surface area contributed by atoms with Crippen molar-refractivity contribution in [1.82, 2.24) is 24.3 Å². The molecule has 200 valence electrons. The molecule has 0 spiro atoms. The molecule has 8 nitrogen and oxygen atoms in total. The van der Waals surface area contributed by atoms with Gasteiger partial charge in [0.1, 0.15) is 6.17 Å². The predicted octanol–water partition coefficient (Wildman–Crippen LogP) is 4.80. The highest BCUT2D eigenvalue weighted by molar-refractivity contribution is 6.35. The molecule has 3 aromatic rings. The van der Waals surface area contributed by atoms with Gasteiger partial charge in [0.2, 0.25) is 11.9 Å². The van der Waals surface area contributed by atoms with Crippen molar-refractivity contribution in [2.45, 2.75) is 44.8 Å². The van der Waals surface area contributed by atoms with Crippen molar-refractivity contribution in [3.63, 3.8) is 0 Å². The van der Waals surface area contributed by atoms with E-state index in [1.807, 2.05) is 45.6 Å². The van der Waals surface area contributed by atoms with Crippen LogP contribution in [0.3, 0.4) is 0 Å². The van der Waals surface area contributed by atoms with E-state index in [2.05, 4.69) is 10.3 Å². The van der Waals surface area contributed by atoms with Crippen LogP contribution in [-0.2, 0) is 4.79 Å². The molecule has 0 aliphatic carbocycles. The van der Waals surface area contributed by atoms with Gasteiger partial charge in [0.15, 0.2) is 0 Å². The summed E-state index contributed by atoms with van der Waals surface area (Å²) in [5.74, 6) is 0.0450. The third-order valence-electron chi connectivity index (χ3n) is 7.21. The number of alkyl halides is 1. The number of halogens is 2. The maximum atomic E-state index is 13.5. The molecule has 2 fully saturated rings. The number of nitrogens with one attached hydrogen (secondary N) is 1. The molecule has 2 atom stereocenters. The topological polar surface area (TPSA) is 83.4 Å². The first-order valence-corrected chi connectivity index (χ1v) is 13.5. The Labute approximate surface area is 226 Å². The molecule has 2 unspecified atom stereocenters. The number of hydrogen-bond acceptors (Lipinski definition) is 5. The average Bonchev–Trinajstić information content (AvgIpc) is 3.38. The fourth-order valence-corrected chi connectivity index (χ4v) is 5.56. The number of rotatable bonds is 6. The number of hydrogen-bond donors (Lipinski definition) is 1. The maximum absolute atomic E-state index is 13.5. The zero-order valence-electron chi connectivity index (χ0n) is 21.4. The van der Waals surface area contributed by atoms with Crippen molar-refractivity contribution in [2.75, 3.05) is 38.0 Å². The van der Waals surface area contributed by atoms with Crippen LogP contribution < -0.4 is 5.32 Å². The molecule has 1 aromatic carbocycles. The standard InChI is InChI=1S/C28H32ClFN6O2/c1-19-16-20(10-12-31-19)27(38)33-28-32-24-8-4-7-23(29)26(24)36(28)22-6-2-3-14-35(18-22)25(37)9-5-13-34-15-11-21(30)17-34/h4-5,7-10,12,16,21-22H,2-3,6,11,13-15,17-18H2,1H3,(H,32,33,38). The van der Waals surface area contributed by atoms with Crippen molar-refractivity contribution in [1.29, 1.82) is 0 Å². The molecular formula is C28H32ClFN6O2. The number of imidazole rings is 1. The molecular weight excluding hydrogens is 507 g/mol. The van der Waals surface area contributed by atoms with E-state index >= 15 is 0 Å². The monoisotopic (exact) mass is 538 g/mol. The third-order valence-corrected chi connectivity index (χ3v) is 7.51. The van der Waals surface area contributed by atoms with Gasteiger partial charge in [-0.05, 0) is 56.9 Å².